The number of hydrogen-bond donors (Lipinski definition) is 1. The molecule has 1 fully saturated rings. The van der Waals surface area contributed by atoms with Crippen molar-refractivity contribution in [2.45, 2.75) is 13.0 Å². The lowest BCUT2D eigenvalue weighted by molar-refractivity contribution is 0.00460. The summed E-state index contributed by atoms with van der Waals surface area (Å²) >= 11 is 5.89. The van der Waals surface area contributed by atoms with Gasteiger partial charge in [-0.25, -0.2) is 0 Å². The van der Waals surface area contributed by atoms with E-state index in [1.54, 1.807) is 6.07 Å². The van der Waals surface area contributed by atoms with Gasteiger partial charge in [-0.15, -0.1) is 0 Å². The molecule has 19 heavy (non-hydrogen) atoms. The summed E-state index contributed by atoms with van der Waals surface area (Å²) in [5, 5.41) is 10.7. The molecule has 0 spiro atoms. The molecule has 1 aliphatic heterocycles. The SMILES string of the molecule is Cc1cc(Cl)ccc1OCC(O)CN1CCOCC1. The zero-order valence-corrected chi connectivity index (χ0v) is 11.9. The summed E-state index contributed by atoms with van der Waals surface area (Å²) in [7, 11) is 0. The summed E-state index contributed by atoms with van der Waals surface area (Å²) < 4.78 is 10.9. The van der Waals surface area contributed by atoms with E-state index in [9.17, 15) is 5.11 Å². The highest BCUT2D eigenvalue weighted by molar-refractivity contribution is 6.30. The molecule has 106 valence electrons. The van der Waals surface area contributed by atoms with E-state index < -0.39 is 6.10 Å². The van der Waals surface area contributed by atoms with Gasteiger partial charge in [-0.2, -0.15) is 0 Å². The normalized spacial score (nSPS) is 18.3. The lowest BCUT2D eigenvalue weighted by atomic mass is 10.2. The molecule has 1 atom stereocenters. The van der Waals surface area contributed by atoms with Gasteiger partial charge in [0, 0.05) is 24.7 Å². The average molecular weight is 286 g/mol. The maximum atomic E-state index is 9.97. The summed E-state index contributed by atoms with van der Waals surface area (Å²) in [5.41, 5.74) is 0.978. The minimum atomic E-state index is -0.492. The summed E-state index contributed by atoms with van der Waals surface area (Å²) in [4.78, 5) is 2.19. The van der Waals surface area contributed by atoms with Crippen molar-refractivity contribution in [3.8, 4) is 5.75 Å². The highest BCUT2D eigenvalue weighted by Crippen LogP contribution is 2.21. The van der Waals surface area contributed by atoms with Crippen molar-refractivity contribution in [1.29, 1.82) is 0 Å². The van der Waals surface area contributed by atoms with Gasteiger partial charge in [-0.3, -0.25) is 4.90 Å². The first kappa shape index (κ1) is 14.6. The van der Waals surface area contributed by atoms with Crippen LogP contribution in [0.25, 0.3) is 0 Å². The molecule has 4 nitrogen and oxygen atoms in total. The van der Waals surface area contributed by atoms with E-state index >= 15 is 0 Å². The van der Waals surface area contributed by atoms with Crippen LogP contribution in [0, 0.1) is 6.92 Å². The third-order valence-corrected chi connectivity index (χ3v) is 3.38. The fraction of sp³-hybridized carbons (Fsp3) is 0.571. The van der Waals surface area contributed by atoms with Gasteiger partial charge in [0.2, 0.25) is 0 Å². The van der Waals surface area contributed by atoms with Crippen molar-refractivity contribution in [3.63, 3.8) is 0 Å². The molecule has 0 aliphatic carbocycles. The standard InChI is InChI=1S/C14H20ClNO3/c1-11-8-12(15)2-3-14(11)19-10-13(17)9-16-4-6-18-7-5-16/h2-3,8,13,17H,4-7,9-10H2,1H3. The molecular weight excluding hydrogens is 266 g/mol. The third-order valence-electron chi connectivity index (χ3n) is 3.14. The van der Waals surface area contributed by atoms with E-state index in [1.165, 1.54) is 0 Å². The molecule has 1 saturated heterocycles. The highest BCUT2D eigenvalue weighted by atomic mass is 35.5. The van der Waals surface area contributed by atoms with Crippen molar-refractivity contribution in [1.82, 2.24) is 4.90 Å². The Kier molecular flexibility index (Phi) is 5.45. The molecule has 0 amide bonds. The van der Waals surface area contributed by atoms with Gasteiger partial charge in [0.25, 0.3) is 0 Å². The number of aryl methyl sites for hydroxylation is 1. The summed E-state index contributed by atoms with van der Waals surface area (Å²) in [6.45, 7) is 6.08. The Balaban J connectivity index is 1.77. The summed E-state index contributed by atoms with van der Waals surface area (Å²) in [6.07, 6.45) is -0.492. The minimum absolute atomic E-state index is 0.291. The molecule has 2 rings (SSSR count). The molecule has 0 radical (unpaired) electrons. The Morgan fingerprint density at radius 2 is 2.16 bits per heavy atom. The second-order valence-corrected chi connectivity index (χ2v) is 5.22. The van der Waals surface area contributed by atoms with Crippen LogP contribution < -0.4 is 4.74 Å². The molecule has 1 aliphatic rings. The topological polar surface area (TPSA) is 41.9 Å². The summed E-state index contributed by atoms with van der Waals surface area (Å²) in [5.74, 6) is 0.769. The molecule has 1 unspecified atom stereocenters. The molecule has 0 bridgehead atoms. The van der Waals surface area contributed by atoms with Crippen molar-refractivity contribution in [2.75, 3.05) is 39.5 Å². The van der Waals surface area contributed by atoms with Crippen LogP contribution in [-0.4, -0.2) is 55.6 Å². The third kappa shape index (κ3) is 4.66. The number of aliphatic hydroxyl groups excluding tert-OH is 1. The van der Waals surface area contributed by atoms with Gasteiger partial charge < -0.3 is 14.6 Å². The van der Waals surface area contributed by atoms with E-state index in [0.717, 1.165) is 37.6 Å². The Labute approximate surface area is 118 Å². The lowest BCUT2D eigenvalue weighted by Crippen LogP contribution is -2.42. The Morgan fingerprint density at radius 3 is 2.84 bits per heavy atom. The molecule has 1 aromatic rings. The Bertz CT molecular complexity index is 408. The minimum Gasteiger partial charge on any atom is -0.491 e. The van der Waals surface area contributed by atoms with Crippen LogP contribution in [0.3, 0.4) is 0 Å². The number of β-amino-alcohol motifs (C(OH)–C–C–N with tert-alkyl or cyclic N) is 1. The van der Waals surface area contributed by atoms with Crippen LogP contribution in [0.15, 0.2) is 18.2 Å². The van der Waals surface area contributed by atoms with Gasteiger partial charge in [0.15, 0.2) is 0 Å². The van der Waals surface area contributed by atoms with Crippen LogP contribution in [-0.2, 0) is 4.74 Å². The number of ether oxygens (including phenoxy) is 2. The van der Waals surface area contributed by atoms with Crippen LogP contribution in [0.2, 0.25) is 5.02 Å². The summed E-state index contributed by atoms with van der Waals surface area (Å²) in [6, 6.07) is 5.47. The number of morpholine rings is 1. The van der Waals surface area contributed by atoms with E-state index in [0.29, 0.717) is 18.2 Å². The van der Waals surface area contributed by atoms with Crippen LogP contribution in [0.1, 0.15) is 5.56 Å². The molecule has 5 heteroatoms. The molecule has 0 aromatic heterocycles. The number of rotatable bonds is 5. The van der Waals surface area contributed by atoms with Crippen molar-refractivity contribution < 1.29 is 14.6 Å². The fourth-order valence-corrected chi connectivity index (χ4v) is 2.32. The molecule has 0 saturated carbocycles. The average Bonchev–Trinajstić information content (AvgIpc) is 2.39. The zero-order valence-electron chi connectivity index (χ0n) is 11.1. The molecular formula is C14H20ClNO3. The quantitative estimate of drug-likeness (QED) is 0.894. The predicted octanol–water partition coefficient (Wildman–Crippen LogP) is 1.72. The molecule has 1 aromatic carbocycles. The van der Waals surface area contributed by atoms with Crippen molar-refractivity contribution in [3.05, 3.63) is 28.8 Å². The first-order chi connectivity index (χ1) is 9.15. The Morgan fingerprint density at radius 1 is 1.42 bits per heavy atom. The van der Waals surface area contributed by atoms with Crippen LogP contribution in [0.5, 0.6) is 5.75 Å². The van der Waals surface area contributed by atoms with E-state index in [1.807, 2.05) is 19.1 Å². The zero-order chi connectivity index (χ0) is 13.7. The van der Waals surface area contributed by atoms with Gasteiger partial charge in [-0.05, 0) is 30.7 Å². The Hall–Kier alpha value is -0.810. The lowest BCUT2D eigenvalue weighted by Gasteiger charge is -2.28. The number of halogens is 1. The fourth-order valence-electron chi connectivity index (χ4n) is 2.10. The number of aliphatic hydroxyl groups is 1. The largest absolute Gasteiger partial charge is 0.491 e. The van der Waals surface area contributed by atoms with E-state index in [2.05, 4.69) is 4.90 Å². The monoisotopic (exact) mass is 285 g/mol. The van der Waals surface area contributed by atoms with Gasteiger partial charge in [0.1, 0.15) is 18.5 Å². The maximum absolute atomic E-state index is 9.97. The van der Waals surface area contributed by atoms with Crippen molar-refractivity contribution >= 4 is 11.6 Å². The maximum Gasteiger partial charge on any atom is 0.122 e. The van der Waals surface area contributed by atoms with Gasteiger partial charge >= 0.3 is 0 Å². The van der Waals surface area contributed by atoms with Crippen LogP contribution >= 0.6 is 11.6 Å². The second kappa shape index (κ2) is 7.10. The first-order valence-electron chi connectivity index (χ1n) is 6.52. The van der Waals surface area contributed by atoms with E-state index in [-0.39, 0.29) is 0 Å². The van der Waals surface area contributed by atoms with Gasteiger partial charge in [-0.1, -0.05) is 11.6 Å². The van der Waals surface area contributed by atoms with Gasteiger partial charge in [0.05, 0.1) is 13.2 Å². The first-order valence-corrected chi connectivity index (χ1v) is 6.90. The number of benzene rings is 1. The number of nitrogens with zero attached hydrogens (tertiary/aromatic N) is 1. The highest BCUT2D eigenvalue weighted by Gasteiger charge is 2.15. The van der Waals surface area contributed by atoms with Crippen molar-refractivity contribution in [2.24, 2.45) is 0 Å². The van der Waals surface area contributed by atoms with E-state index in [4.69, 9.17) is 21.1 Å². The predicted molar refractivity (Wildman–Crippen MR) is 74.9 cm³/mol. The molecule has 1 N–H and O–H groups in total. The second-order valence-electron chi connectivity index (χ2n) is 4.79. The van der Waals surface area contributed by atoms with Crippen LogP contribution in [0.4, 0.5) is 0 Å². The smallest absolute Gasteiger partial charge is 0.122 e. The number of hydrogen-bond acceptors (Lipinski definition) is 4. The molecule has 1 heterocycles.